The summed E-state index contributed by atoms with van der Waals surface area (Å²) in [7, 11) is 1.68. The van der Waals surface area contributed by atoms with Crippen LogP contribution in [0.5, 0.6) is 0 Å². The van der Waals surface area contributed by atoms with E-state index in [9.17, 15) is 9.59 Å². The van der Waals surface area contributed by atoms with Crippen molar-refractivity contribution in [3.63, 3.8) is 0 Å². The summed E-state index contributed by atoms with van der Waals surface area (Å²) in [6, 6.07) is 9.25. The zero-order chi connectivity index (χ0) is 14.5. The lowest BCUT2D eigenvalue weighted by atomic mass is 9.97. The van der Waals surface area contributed by atoms with Crippen LogP contribution in [0.15, 0.2) is 30.3 Å². The Kier molecular flexibility index (Phi) is 4.74. The summed E-state index contributed by atoms with van der Waals surface area (Å²) in [5.74, 6) is 0.156. The highest BCUT2D eigenvalue weighted by Gasteiger charge is 2.31. The smallest absolute Gasteiger partial charge is 0.243 e. The van der Waals surface area contributed by atoms with Gasteiger partial charge in [-0.3, -0.25) is 9.59 Å². The Morgan fingerprint density at radius 2 is 2.00 bits per heavy atom. The fraction of sp³-hybridized carbons (Fsp3) is 0.467. The van der Waals surface area contributed by atoms with Crippen molar-refractivity contribution in [2.45, 2.75) is 6.92 Å². The minimum absolute atomic E-state index is 0.0236. The highest BCUT2D eigenvalue weighted by molar-refractivity contribution is 5.94. The van der Waals surface area contributed by atoms with Gasteiger partial charge in [-0.05, 0) is 24.6 Å². The number of hydrogen-bond donors (Lipinski definition) is 2. The highest BCUT2D eigenvalue weighted by Crippen LogP contribution is 2.18. The van der Waals surface area contributed by atoms with E-state index in [0.29, 0.717) is 12.5 Å². The van der Waals surface area contributed by atoms with Crippen molar-refractivity contribution in [3.8, 4) is 0 Å². The number of rotatable bonds is 4. The minimum atomic E-state index is -0.175. The van der Waals surface area contributed by atoms with Crippen LogP contribution in [0.2, 0.25) is 0 Å². The minimum Gasteiger partial charge on any atom is -0.336 e. The van der Waals surface area contributed by atoms with Crippen molar-refractivity contribution in [2.75, 3.05) is 32.0 Å². The van der Waals surface area contributed by atoms with E-state index in [1.165, 1.54) is 4.90 Å². The number of para-hydroxylation sites is 1. The second kappa shape index (κ2) is 6.52. The number of hydrogen-bond acceptors (Lipinski definition) is 3. The topological polar surface area (TPSA) is 61.4 Å². The summed E-state index contributed by atoms with van der Waals surface area (Å²) in [5.41, 5.74) is 0.745. The molecule has 5 heteroatoms. The lowest BCUT2D eigenvalue weighted by Crippen LogP contribution is -2.40. The number of nitrogens with zero attached hydrogens (tertiary/aromatic N) is 1. The third-order valence-corrected chi connectivity index (χ3v) is 3.65. The van der Waals surface area contributed by atoms with Gasteiger partial charge in [0.15, 0.2) is 0 Å². The third kappa shape index (κ3) is 3.57. The number of carbonyl (C=O) groups excluding carboxylic acids is 2. The summed E-state index contributed by atoms with van der Waals surface area (Å²) in [4.78, 5) is 25.7. The van der Waals surface area contributed by atoms with Gasteiger partial charge >= 0.3 is 0 Å². The van der Waals surface area contributed by atoms with Gasteiger partial charge in [0.1, 0.15) is 0 Å². The first-order valence-corrected chi connectivity index (χ1v) is 6.88. The van der Waals surface area contributed by atoms with Gasteiger partial charge in [0.05, 0.1) is 12.5 Å². The Hall–Kier alpha value is -1.88. The fourth-order valence-corrected chi connectivity index (χ4v) is 2.44. The van der Waals surface area contributed by atoms with Crippen molar-refractivity contribution < 1.29 is 9.59 Å². The standard InChI is InChI=1S/C15H21N3O2/c1-11-8-16-9-13(11)15(20)18(2)10-14(19)17-12-6-4-3-5-7-12/h3-7,11,13,16H,8-10H2,1-2H3,(H,17,19). The Balaban J connectivity index is 1.86. The molecule has 0 aliphatic carbocycles. The Bertz CT molecular complexity index is 475. The maximum atomic E-state index is 12.2. The van der Waals surface area contributed by atoms with E-state index in [0.717, 1.165) is 12.2 Å². The molecule has 20 heavy (non-hydrogen) atoms. The third-order valence-electron chi connectivity index (χ3n) is 3.65. The quantitative estimate of drug-likeness (QED) is 0.859. The molecule has 1 fully saturated rings. The van der Waals surface area contributed by atoms with Gasteiger partial charge in [0.25, 0.3) is 0 Å². The molecule has 2 atom stereocenters. The second-order valence-electron chi connectivity index (χ2n) is 5.35. The van der Waals surface area contributed by atoms with E-state index in [1.54, 1.807) is 7.05 Å². The second-order valence-corrected chi connectivity index (χ2v) is 5.35. The molecule has 1 saturated heterocycles. The number of amides is 2. The molecule has 1 aromatic rings. The van der Waals surface area contributed by atoms with Crippen LogP contribution in [0.1, 0.15) is 6.92 Å². The number of nitrogens with one attached hydrogen (secondary N) is 2. The predicted molar refractivity (Wildman–Crippen MR) is 78.2 cm³/mol. The van der Waals surface area contributed by atoms with Crippen LogP contribution in [-0.2, 0) is 9.59 Å². The van der Waals surface area contributed by atoms with Crippen LogP contribution in [0, 0.1) is 11.8 Å². The predicted octanol–water partition coefficient (Wildman–Crippen LogP) is 0.939. The van der Waals surface area contributed by atoms with Gasteiger partial charge in [0.2, 0.25) is 11.8 Å². The Morgan fingerprint density at radius 1 is 1.30 bits per heavy atom. The van der Waals surface area contributed by atoms with Crippen molar-refractivity contribution >= 4 is 17.5 Å². The zero-order valence-electron chi connectivity index (χ0n) is 11.9. The molecular formula is C15H21N3O2. The van der Waals surface area contributed by atoms with Crippen LogP contribution < -0.4 is 10.6 Å². The van der Waals surface area contributed by atoms with Crippen molar-refractivity contribution in [1.29, 1.82) is 0 Å². The van der Waals surface area contributed by atoms with Crippen LogP contribution >= 0.6 is 0 Å². The Morgan fingerprint density at radius 3 is 2.60 bits per heavy atom. The molecule has 0 saturated carbocycles. The van der Waals surface area contributed by atoms with Crippen molar-refractivity contribution in [3.05, 3.63) is 30.3 Å². The van der Waals surface area contributed by atoms with Crippen LogP contribution in [0.4, 0.5) is 5.69 Å². The molecule has 0 bridgehead atoms. The molecule has 2 unspecified atom stereocenters. The molecule has 0 radical (unpaired) electrons. The highest BCUT2D eigenvalue weighted by atomic mass is 16.2. The maximum absolute atomic E-state index is 12.2. The largest absolute Gasteiger partial charge is 0.336 e. The molecule has 1 heterocycles. The van der Waals surface area contributed by atoms with Gasteiger partial charge < -0.3 is 15.5 Å². The molecule has 2 rings (SSSR count). The first-order chi connectivity index (χ1) is 9.58. The first kappa shape index (κ1) is 14.5. The SMILES string of the molecule is CC1CNCC1C(=O)N(C)CC(=O)Nc1ccccc1. The fourth-order valence-electron chi connectivity index (χ4n) is 2.44. The molecule has 1 aliphatic heterocycles. The summed E-state index contributed by atoms with van der Waals surface area (Å²) in [5, 5.41) is 5.98. The zero-order valence-corrected chi connectivity index (χ0v) is 11.9. The summed E-state index contributed by atoms with van der Waals surface area (Å²) < 4.78 is 0. The normalized spacial score (nSPS) is 21.5. The first-order valence-electron chi connectivity index (χ1n) is 6.88. The molecule has 0 spiro atoms. The van der Waals surface area contributed by atoms with Gasteiger partial charge in [-0.25, -0.2) is 0 Å². The van der Waals surface area contributed by atoms with Gasteiger partial charge in [-0.1, -0.05) is 25.1 Å². The van der Waals surface area contributed by atoms with E-state index < -0.39 is 0 Å². The lowest BCUT2D eigenvalue weighted by molar-refractivity contribution is -0.137. The Labute approximate surface area is 119 Å². The average Bonchev–Trinajstić information content (AvgIpc) is 2.85. The number of carbonyl (C=O) groups is 2. The number of likely N-dealkylation sites (N-methyl/N-ethyl adjacent to an activating group) is 1. The van der Waals surface area contributed by atoms with E-state index in [4.69, 9.17) is 0 Å². The lowest BCUT2D eigenvalue weighted by Gasteiger charge is -2.22. The monoisotopic (exact) mass is 275 g/mol. The van der Waals surface area contributed by atoms with Crippen LogP contribution in [0.25, 0.3) is 0 Å². The molecule has 5 nitrogen and oxygen atoms in total. The summed E-state index contributed by atoms with van der Waals surface area (Å²) in [6.07, 6.45) is 0. The van der Waals surface area contributed by atoms with E-state index in [2.05, 4.69) is 17.6 Å². The van der Waals surface area contributed by atoms with Gasteiger partial charge in [0, 0.05) is 19.3 Å². The van der Waals surface area contributed by atoms with Crippen LogP contribution in [0.3, 0.4) is 0 Å². The van der Waals surface area contributed by atoms with E-state index in [-0.39, 0.29) is 24.3 Å². The molecular weight excluding hydrogens is 254 g/mol. The van der Waals surface area contributed by atoms with E-state index in [1.807, 2.05) is 30.3 Å². The summed E-state index contributed by atoms with van der Waals surface area (Å²) >= 11 is 0. The molecule has 108 valence electrons. The number of benzene rings is 1. The van der Waals surface area contributed by atoms with Crippen LogP contribution in [-0.4, -0.2) is 43.4 Å². The molecule has 2 amide bonds. The van der Waals surface area contributed by atoms with Gasteiger partial charge in [-0.2, -0.15) is 0 Å². The number of anilines is 1. The van der Waals surface area contributed by atoms with Crippen molar-refractivity contribution in [1.82, 2.24) is 10.2 Å². The van der Waals surface area contributed by atoms with Gasteiger partial charge in [-0.15, -0.1) is 0 Å². The van der Waals surface area contributed by atoms with Crippen molar-refractivity contribution in [2.24, 2.45) is 11.8 Å². The van der Waals surface area contributed by atoms with E-state index >= 15 is 0 Å². The average molecular weight is 275 g/mol. The molecule has 1 aliphatic rings. The molecule has 1 aromatic carbocycles. The summed E-state index contributed by atoms with van der Waals surface area (Å²) in [6.45, 7) is 3.70. The maximum Gasteiger partial charge on any atom is 0.243 e. The molecule has 2 N–H and O–H groups in total. The molecule has 0 aromatic heterocycles.